The fourth-order valence-electron chi connectivity index (χ4n) is 2.74. The fraction of sp³-hybridized carbons (Fsp3) is 1.00. The van der Waals surface area contributed by atoms with Gasteiger partial charge < -0.3 is 5.73 Å². The summed E-state index contributed by atoms with van der Waals surface area (Å²) < 4.78 is 0. The zero-order valence-corrected chi connectivity index (χ0v) is 9.63. The van der Waals surface area contributed by atoms with E-state index in [4.69, 9.17) is 5.73 Å². The maximum Gasteiger partial charge on any atom is 0.0440 e. The van der Waals surface area contributed by atoms with Gasteiger partial charge in [0.25, 0.3) is 0 Å². The molecule has 0 unspecified atom stereocenters. The molecule has 2 fully saturated rings. The Balaban J connectivity index is 1.71. The van der Waals surface area contributed by atoms with Crippen molar-refractivity contribution in [1.29, 1.82) is 0 Å². The predicted octanol–water partition coefficient (Wildman–Crippen LogP) is 1.85. The quantitative estimate of drug-likeness (QED) is 0.727. The monoisotopic (exact) mass is 196 g/mol. The highest BCUT2D eigenvalue weighted by Crippen LogP contribution is 2.43. The van der Waals surface area contributed by atoms with Gasteiger partial charge in [-0.1, -0.05) is 26.7 Å². The second-order valence-electron chi connectivity index (χ2n) is 5.36. The van der Waals surface area contributed by atoms with Crippen molar-refractivity contribution in [2.45, 2.75) is 45.1 Å². The molecule has 2 N–H and O–H groups in total. The molecule has 0 atom stereocenters. The third-order valence-electron chi connectivity index (χ3n) is 4.10. The molecule has 0 bridgehead atoms. The lowest BCUT2D eigenvalue weighted by Crippen LogP contribution is -2.69. The van der Waals surface area contributed by atoms with Crippen LogP contribution in [0.5, 0.6) is 0 Å². The van der Waals surface area contributed by atoms with Crippen molar-refractivity contribution in [3.05, 3.63) is 0 Å². The molecule has 1 saturated heterocycles. The Morgan fingerprint density at radius 3 is 2.29 bits per heavy atom. The van der Waals surface area contributed by atoms with Gasteiger partial charge in [-0.15, -0.1) is 0 Å². The van der Waals surface area contributed by atoms with Crippen molar-refractivity contribution in [2.24, 2.45) is 17.6 Å². The van der Waals surface area contributed by atoms with Gasteiger partial charge in [-0.3, -0.25) is 4.90 Å². The average Bonchev–Trinajstić information content (AvgIpc) is 2.93. The van der Waals surface area contributed by atoms with Crippen LogP contribution in [-0.4, -0.2) is 30.1 Å². The number of likely N-dealkylation sites (tertiary alicyclic amines) is 1. The minimum absolute atomic E-state index is 0.214. The Morgan fingerprint density at radius 1 is 1.29 bits per heavy atom. The van der Waals surface area contributed by atoms with Crippen LogP contribution in [0.1, 0.15) is 39.5 Å². The molecule has 0 spiro atoms. The van der Waals surface area contributed by atoms with E-state index in [2.05, 4.69) is 18.7 Å². The van der Waals surface area contributed by atoms with Gasteiger partial charge in [0, 0.05) is 25.2 Å². The lowest BCUT2D eigenvalue weighted by Gasteiger charge is -2.49. The van der Waals surface area contributed by atoms with E-state index in [1.807, 2.05) is 0 Å². The molecular formula is C12H24N2. The lowest BCUT2D eigenvalue weighted by atomic mass is 9.84. The van der Waals surface area contributed by atoms with Crippen LogP contribution in [0.3, 0.4) is 0 Å². The zero-order chi connectivity index (χ0) is 10.2. The number of hydrogen-bond acceptors (Lipinski definition) is 2. The van der Waals surface area contributed by atoms with Gasteiger partial charge in [0.1, 0.15) is 0 Å². The molecule has 2 rings (SSSR count). The molecule has 1 aliphatic carbocycles. The molecule has 0 aromatic rings. The van der Waals surface area contributed by atoms with E-state index in [1.165, 1.54) is 32.2 Å². The summed E-state index contributed by atoms with van der Waals surface area (Å²) >= 11 is 0. The minimum atomic E-state index is 0.214. The van der Waals surface area contributed by atoms with Crippen molar-refractivity contribution in [3.8, 4) is 0 Å². The zero-order valence-electron chi connectivity index (χ0n) is 9.63. The molecule has 0 aromatic carbocycles. The third-order valence-corrected chi connectivity index (χ3v) is 4.10. The minimum Gasteiger partial charge on any atom is -0.323 e. The molecule has 2 aliphatic rings. The number of rotatable bonds is 5. The summed E-state index contributed by atoms with van der Waals surface area (Å²) in [6, 6.07) is 0. The first-order chi connectivity index (χ1) is 6.68. The Hall–Kier alpha value is -0.0800. The summed E-state index contributed by atoms with van der Waals surface area (Å²) in [4.78, 5) is 2.55. The highest BCUT2D eigenvalue weighted by atomic mass is 15.3. The highest BCUT2D eigenvalue weighted by molar-refractivity contribution is 5.09. The van der Waals surface area contributed by atoms with Crippen LogP contribution in [0.15, 0.2) is 0 Å². The van der Waals surface area contributed by atoms with Crippen LogP contribution in [0, 0.1) is 11.8 Å². The molecule has 0 radical (unpaired) electrons. The van der Waals surface area contributed by atoms with Crippen LogP contribution < -0.4 is 5.73 Å². The Labute approximate surface area is 87.8 Å². The highest BCUT2D eigenvalue weighted by Gasteiger charge is 2.50. The Bertz CT molecular complexity index is 186. The predicted molar refractivity (Wildman–Crippen MR) is 60.2 cm³/mol. The molecule has 0 aromatic heterocycles. The van der Waals surface area contributed by atoms with E-state index in [0.717, 1.165) is 24.9 Å². The van der Waals surface area contributed by atoms with Crippen LogP contribution >= 0.6 is 0 Å². The molecule has 82 valence electrons. The van der Waals surface area contributed by atoms with Gasteiger partial charge in [0.05, 0.1) is 0 Å². The molecule has 1 saturated carbocycles. The largest absolute Gasteiger partial charge is 0.323 e. The summed E-state index contributed by atoms with van der Waals surface area (Å²) in [5.74, 6) is 1.75. The lowest BCUT2D eigenvalue weighted by molar-refractivity contribution is 0.0395. The SMILES string of the molecule is CCC(CC)CN1CC(N)(C2CC2)C1. The van der Waals surface area contributed by atoms with E-state index in [0.29, 0.717) is 0 Å². The van der Waals surface area contributed by atoms with Gasteiger partial charge in [-0.25, -0.2) is 0 Å². The van der Waals surface area contributed by atoms with Crippen LogP contribution in [0.4, 0.5) is 0 Å². The molecule has 2 heteroatoms. The molecule has 0 amide bonds. The Morgan fingerprint density at radius 2 is 1.86 bits per heavy atom. The summed E-state index contributed by atoms with van der Waals surface area (Å²) in [5, 5.41) is 0. The van der Waals surface area contributed by atoms with Crippen molar-refractivity contribution in [3.63, 3.8) is 0 Å². The van der Waals surface area contributed by atoms with Gasteiger partial charge in [-0.05, 0) is 24.7 Å². The normalized spacial score (nSPS) is 26.6. The second-order valence-corrected chi connectivity index (χ2v) is 5.36. The van der Waals surface area contributed by atoms with Crippen molar-refractivity contribution < 1.29 is 0 Å². The van der Waals surface area contributed by atoms with E-state index in [-0.39, 0.29) is 5.54 Å². The summed E-state index contributed by atoms with van der Waals surface area (Å²) in [7, 11) is 0. The maximum atomic E-state index is 6.32. The molecule has 1 aliphatic heterocycles. The maximum absolute atomic E-state index is 6.32. The average molecular weight is 196 g/mol. The summed E-state index contributed by atoms with van der Waals surface area (Å²) in [5.41, 5.74) is 6.53. The van der Waals surface area contributed by atoms with Crippen LogP contribution in [0.2, 0.25) is 0 Å². The van der Waals surface area contributed by atoms with Crippen LogP contribution in [0.25, 0.3) is 0 Å². The van der Waals surface area contributed by atoms with E-state index in [9.17, 15) is 0 Å². The second kappa shape index (κ2) is 3.82. The summed E-state index contributed by atoms with van der Waals surface area (Å²) in [6.07, 6.45) is 5.40. The van der Waals surface area contributed by atoms with Gasteiger partial charge in [0.2, 0.25) is 0 Å². The first-order valence-corrected chi connectivity index (χ1v) is 6.19. The number of nitrogens with zero attached hydrogens (tertiary/aromatic N) is 1. The van der Waals surface area contributed by atoms with Gasteiger partial charge in [-0.2, -0.15) is 0 Å². The summed E-state index contributed by atoms with van der Waals surface area (Å²) in [6.45, 7) is 8.19. The van der Waals surface area contributed by atoms with E-state index >= 15 is 0 Å². The van der Waals surface area contributed by atoms with Crippen molar-refractivity contribution in [2.75, 3.05) is 19.6 Å². The number of nitrogens with two attached hydrogens (primary N) is 1. The fourth-order valence-corrected chi connectivity index (χ4v) is 2.74. The third kappa shape index (κ3) is 1.96. The number of hydrogen-bond donors (Lipinski definition) is 1. The smallest absolute Gasteiger partial charge is 0.0440 e. The topological polar surface area (TPSA) is 29.3 Å². The first-order valence-electron chi connectivity index (χ1n) is 6.19. The van der Waals surface area contributed by atoms with E-state index < -0.39 is 0 Å². The van der Waals surface area contributed by atoms with Crippen LogP contribution in [-0.2, 0) is 0 Å². The van der Waals surface area contributed by atoms with E-state index in [1.54, 1.807) is 0 Å². The molecule has 1 heterocycles. The van der Waals surface area contributed by atoms with Crippen molar-refractivity contribution >= 4 is 0 Å². The standard InChI is InChI=1S/C12H24N2/c1-3-10(4-2)7-14-8-12(13,9-14)11-5-6-11/h10-11H,3-9,13H2,1-2H3. The molecular weight excluding hydrogens is 172 g/mol. The first kappa shape index (κ1) is 10.4. The van der Waals surface area contributed by atoms with Crippen molar-refractivity contribution in [1.82, 2.24) is 4.90 Å². The van der Waals surface area contributed by atoms with Gasteiger partial charge in [0.15, 0.2) is 0 Å². The Kier molecular flexibility index (Phi) is 2.85. The molecule has 2 nitrogen and oxygen atoms in total. The van der Waals surface area contributed by atoms with Gasteiger partial charge >= 0.3 is 0 Å². The molecule has 14 heavy (non-hydrogen) atoms.